The normalized spacial score (nSPS) is 21.5. The van der Waals surface area contributed by atoms with Gasteiger partial charge in [0.05, 0.1) is 21.9 Å². The van der Waals surface area contributed by atoms with Crippen LogP contribution in [0, 0.1) is 0 Å². The van der Waals surface area contributed by atoms with Crippen LogP contribution in [-0.2, 0) is 25.2 Å². The highest BCUT2D eigenvalue weighted by Gasteiger charge is 2.44. The van der Waals surface area contributed by atoms with Crippen LogP contribution in [0.5, 0.6) is 0 Å². The number of para-hydroxylation sites is 1. The van der Waals surface area contributed by atoms with Crippen molar-refractivity contribution in [1.29, 1.82) is 0 Å². The van der Waals surface area contributed by atoms with E-state index in [1.165, 1.54) is 6.07 Å². The summed E-state index contributed by atoms with van der Waals surface area (Å²) in [5.41, 5.74) is -0.419. The number of nitrogens with one attached hydrogen (secondary N) is 1. The first kappa shape index (κ1) is 18.6. The molecule has 2 aromatic carbocycles. The summed E-state index contributed by atoms with van der Waals surface area (Å²) >= 11 is 0. The van der Waals surface area contributed by atoms with E-state index >= 15 is 0 Å². The van der Waals surface area contributed by atoms with Crippen LogP contribution in [0.15, 0.2) is 53.1 Å². The van der Waals surface area contributed by atoms with Gasteiger partial charge in [-0.15, -0.1) is 0 Å². The van der Waals surface area contributed by atoms with Crippen LogP contribution in [0.25, 0.3) is 5.57 Å². The summed E-state index contributed by atoms with van der Waals surface area (Å²) in [4.78, 5) is 11.9. The third-order valence-corrected chi connectivity index (χ3v) is 6.15. The molecule has 28 heavy (non-hydrogen) atoms. The second kappa shape index (κ2) is 5.86. The average Bonchev–Trinajstić information content (AvgIpc) is 3.07. The van der Waals surface area contributed by atoms with Crippen molar-refractivity contribution in [3.05, 3.63) is 59.3 Å². The van der Waals surface area contributed by atoms with Gasteiger partial charge in [-0.05, 0) is 18.2 Å². The Balaban J connectivity index is 2.06. The monoisotopic (exact) mass is 424 g/mol. The van der Waals surface area contributed by atoms with Crippen molar-refractivity contribution in [2.24, 2.45) is 0 Å². The molecule has 2 aliphatic rings. The number of carbonyl (C=O) groups is 1. The Morgan fingerprint density at radius 3 is 2.32 bits per heavy atom. The van der Waals surface area contributed by atoms with Crippen molar-refractivity contribution < 1.29 is 35.8 Å². The highest BCUT2D eigenvalue weighted by Crippen LogP contribution is 2.49. The maximum Gasteiger partial charge on any atom is 0.364 e. The number of hydrogen-bond donors (Lipinski definition) is 4. The number of fused-ring (bicyclic) bond motifs is 2. The van der Waals surface area contributed by atoms with Gasteiger partial charge in [-0.1, -0.05) is 24.3 Å². The third kappa shape index (κ3) is 2.70. The number of aliphatic hydroxyl groups is 1. The molecule has 0 aliphatic carbocycles. The van der Waals surface area contributed by atoms with E-state index in [1.807, 2.05) is 0 Å². The Hall–Kier alpha value is -2.77. The predicted octanol–water partition coefficient (Wildman–Crippen LogP) is 0.953. The molecule has 4 rings (SSSR count). The first-order valence-electron chi connectivity index (χ1n) is 7.72. The lowest BCUT2D eigenvalue weighted by Gasteiger charge is -2.19. The molecular weight excluding hydrogens is 412 g/mol. The quantitative estimate of drug-likeness (QED) is 0.409. The lowest BCUT2D eigenvalue weighted by molar-refractivity contribution is -0.110. The van der Waals surface area contributed by atoms with Gasteiger partial charge in [0.2, 0.25) is 0 Å². The van der Waals surface area contributed by atoms with E-state index < -0.39 is 48.7 Å². The Bertz CT molecular complexity index is 1280. The maximum absolute atomic E-state index is 12.5. The number of nitrogens with zero attached hydrogens (tertiary/aromatic N) is 1. The zero-order valence-corrected chi connectivity index (χ0v) is 15.4. The molecule has 146 valence electrons. The number of rotatable bonds is 2. The van der Waals surface area contributed by atoms with Crippen molar-refractivity contribution in [3.63, 3.8) is 0 Å². The molecular formula is C16H12N2O8S2. The van der Waals surface area contributed by atoms with E-state index in [1.54, 1.807) is 18.2 Å². The Kier molecular flexibility index (Phi) is 3.89. The van der Waals surface area contributed by atoms with E-state index in [0.29, 0.717) is 15.6 Å². The lowest BCUT2D eigenvalue weighted by Crippen LogP contribution is -2.29. The predicted molar refractivity (Wildman–Crippen MR) is 97.2 cm³/mol. The van der Waals surface area contributed by atoms with Crippen LogP contribution < -0.4 is 9.62 Å². The molecule has 0 radical (unpaired) electrons. The first-order valence-corrected chi connectivity index (χ1v) is 10.6. The van der Waals surface area contributed by atoms with Crippen LogP contribution >= 0.6 is 0 Å². The van der Waals surface area contributed by atoms with Crippen LogP contribution in [-0.4, -0.2) is 37.0 Å². The fourth-order valence-electron chi connectivity index (χ4n) is 3.34. The number of carbonyl (C=O) groups excluding carboxylic acids is 1. The largest absolute Gasteiger partial charge is 0.382 e. The first-order chi connectivity index (χ1) is 13.0. The summed E-state index contributed by atoms with van der Waals surface area (Å²) < 4.78 is 66.3. The molecule has 1 amide bonds. The smallest absolute Gasteiger partial charge is 0.364 e. The molecule has 0 aromatic heterocycles. The van der Waals surface area contributed by atoms with Gasteiger partial charge in [-0.3, -0.25) is 13.9 Å². The number of benzene rings is 2. The van der Waals surface area contributed by atoms with Crippen molar-refractivity contribution >= 4 is 43.3 Å². The molecule has 0 fully saturated rings. The summed E-state index contributed by atoms with van der Waals surface area (Å²) in [5.74, 6) is -0.702. The number of amides is 1. The maximum atomic E-state index is 12.5. The van der Waals surface area contributed by atoms with E-state index in [-0.39, 0.29) is 11.1 Å². The van der Waals surface area contributed by atoms with E-state index in [9.17, 15) is 35.8 Å². The van der Waals surface area contributed by atoms with Gasteiger partial charge in [0.1, 0.15) is 6.10 Å². The Labute approximate surface area is 159 Å². The molecule has 2 heterocycles. The molecule has 0 spiro atoms. The average molecular weight is 424 g/mol. The molecule has 1 atom stereocenters. The van der Waals surface area contributed by atoms with Crippen molar-refractivity contribution in [2.45, 2.75) is 11.0 Å². The minimum atomic E-state index is -5.06. The van der Waals surface area contributed by atoms with Gasteiger partial charge in [0.25, 0.3) is 16.0 Å². The van der Waals surface area contributed by atoms with E-state index in [4.69, 9.17) is 0 Å². The van der Waals surface area contributed by atoms with Gasteiger partial charge in [0, 0.05) is 16.8 Å². The summed E-state index contributed by atoms with van der Waals surface area (Å²) in [6, 6.07) is 9.19. The lowest BCUT2D eigenvalue weighted by atomic mass is 10.0. The SMILES string of the molecule is O=C1Nc2ccccc2/C1=C1\C(O)c2ccc(S(=O)(=O)O)cc2N1S(=O)(=O)O. The summed E-state index contributed by atoms with van der Waals surface area (Å²) in [5, 5.41) is 13.2. The molecule has 2 aliphatic heterocycles. The van der Waals surface area contributed by atoms with Gasteiger partial charge >= 0.3 is 10.3 Å². The van der Waals surface area contributed by atoms with Crippen molar-refractivity contribution in [3.8, 4) is 0 Å². The van der Waals surface area contributed by atoms with Crippen LogP contribution in [0.3, 0.4) is 0 Å². The summed E-state index contributed by atoms with van der Waals surface area (Å²) in [7, 11) is -9.75. The van der Waals surface area contributed by atoms with Crippen LogP contribution in [0.4, 0.5) is 11.4 Å². The molecule has 4 N–H and O–H groups in total. The second-order valence-electron chi connectivity index (χ2n) is 6.10. The highest BCUT2D eigenvalue weighted by atomic mass is 32.2. The second-order valence-corrected chi connectivity index (χ2v) is 8.78. The molecule has 1 unspecified atom stereocenters. The minimum absolute atomic E-state index is 0.0651. The molecule has 0 saturated heterocycles. The molecule has 12 heteroatoms. The van der Waals surface area contributed by atoms with Crippen molar-refractivity contribution in [2.75, 3.05) is 9.62 Å². The Morgan fingerprint density at radius 2 is 1.68 bits per heavy atom. The summed E-state index contributed by atoms with van der Waals surface area (Å²) in [6.07, 6.45) is -1.65. The number of hydrogen-bond acceptors (Lipinski definition) is 6. The highest BCUT2D eigenvalue weighted by molar-refractivity contribution is 7.87. The zero-order chi connectivity index (χ0) is 20.4. The number of anilines is 2. The van der Waals surface area contributed by atoms with Crippen molar-refractivity contribution in [1.82, 2.24) is 0 Å². The Morgan fingerprint density at radius 1 is 1.00 bits per heavy atom. The summed E-state index contributed by atoms with van der Waals surface area (Å²) in [6.45, 7) is 0. The molecule has 10 nitrogen and oxygen atoms in total. The molecule has 2 aromatic rings. The van der Waals surface area contributed by atoms with Gasteiger partial charge in [-0.2, -0.15) is 16.8 Å². The third-order valence-electron chi connectivity index (χ3n) is 4.45. The fraction of sp³-hybridized carbons (Fsp3) is 0.0625. The van der Waals surface area contributed by atoms with Gasteiger partial charge in [-0.25, -0.2) is 4.31 Å². The van der Waals surface area contributed by atoms with Crippen LogP contribution in [0.1, 0.15) is 17.2 Å². The van der Waals surface area contributed by atoms with Crippen LogP contribution in [0.2, 0.25) is 0 Å². The van der Waals surface area contributed by atoms with Gasteiger partial charge < -0.3 is 10.4 Å². The topological polar surface area (TPSA) is 161 Å². The zero-order valence-electron chi connectivity index (χ0n) is 13.8. The standard InChI is InChI=1S/C16H12N2O8S2/c19-15-10-6-5-8(27(21,22)23)7-12(10)18(28(24,25)26)14(15)13-9-3-1-2-4-11(9)17-16(13)20/h1-7,15,19H,(H,17,20)(H,21,22,23)(H,24,25,26)/b14-13-. The van der Waals surface area contributed by atoms with Gasteiger partial charge in [0.15, 0.2) is 0 Å². The number of aliphatic hydroxyl groups excluding tert-OH is 1. The fourth-order valence-corrected chi connectivity index (χ4v) is 4.68. The minimum Gasteiger partial charge on any atom is -0.382 e. The van der Waals surface area contributed by atoms with E-state index in [0.717, 1.165) is 18.2 Å². The van der Waals surface area contributed by atoms with E-state index in [2.05, 4.69) is 5.32 Å². The molecule has 0 saturated carbocycles. The molecule has 0 bridgehead atoms.